The van der Waals surface area contributed by atoms with Crippen molar-refractivity contribution in [1.82, 2.24) is 0 Å². The van der Waals surface area contributed by atoms with Gasteiger partial charge in [-0.25, -0.2) is 0 Å². The predicted octanol–water partition coefficient (Wildman–Crippen LogP) is 0.923. The molecule has 1 N–H and O–H groups in total. The lowest BCUT2D eigenvalue weighted by molar-refractivity contribution is -0.153. The molecule has 0 amide bonds. The minimum absolute atomic E-state index is 0.0951. The van der Waals surface area contributed by atoms with Crippen LogP contribution in [0, 0.1) is 5.41 Å². The molecule has 1 rings (SSSR count). The van der Waals surface area contributed by atoms with Gasteiger partial charge in [-0.05, 0) is 6.92 Å². The zero-order chi connectivity index (χ0) is 9.03. The van der Waals surface area contributed by atoms with Crippen molar-refractivity contribution < 1.29 is 14.6 Å². The number of aliphatic hydroxyl groups excluding tert-OH is 1. The summed E-state index contributed by atoms with van der Waals surface area (Å²) in [5.74, 6) is 1.43. The van der Waals surface area contributed by atoms with Crippen LogP contribution in [-0.4, -0.2) is 35.8 Å². The predicted molar refractivity (Wildman–Crippen MR) is 51.1 cm³/mol. The summed E-state index contributed by atoms with van der Waals surface area (Å²) in [5.41, 5.74) is -0.343. The molecular formula is C7H12O3S2. The van der Waals surface area contributed by atoms with Crippen molar-refractivity contribution in [3.8, 4) is 0 Å². The number of aliphatic hydroxyl groups is 1. The third kappa shape index (κ3) is 2.31. The van der Waals surface area contributed by atoms with E-state index in [0.717, 1.165) is 11.5 Å². The van der Waals surface area contributed by atoms with Crippen LogP contribution in [0.4, 0.5) is 0 Å². The highest BCUT2D eigenvalue weighted by Crippen LogP contribution is 2.43. The second-order valence-electron chi connectivity index (χ2n) is 2.94. The van der Waals surface area contributed by atoms with Crippen molar-refractivity contribution in [2.24, 2.45) is 5.41 Å². The molecule has 0 aliphatic carbocycles. The van der Waals surface area contributed by atoms with E-state index in [2.05, 4.69) is 0 Å². The van der Waals surface area contributed by atoms with Crippen molar-refractivity contribution in [3.05, 3.63) is 0 Å². The van der Waals surface area contributed by atoms with E-state index in [9.17, 15) is 4.79 Å². The molecule has 0 atom stereocenters. The average molecular weight is 208 g/mol. The van der Waals surface area contributed by atoms with E-state index in [4.69, 9.17) is 9.84 Å². The first-order chi connectivity index (χ1) is 5.69. The minimum atomic E-state index is -0.343. The van der Waals surface area contributed by atoms with Gasteiger partial charge in [-0.2, -0.15) is 0 Å². The number of rotatable bonds is 3. The molecule has 1 aliphatic heterocycles. The van der Waals surface area contributed by atoms with E-state index in [-0.39, 0.29) is 24.6 Å². The Balaban J connectivity index is 2.39. The van der Waals surface area contributed by atoms with E-state index in [0.29, 0.717) is 0 Å². The largest absolute Gasteiger partial charge is 0.463 e. The Hall–Kier alpha value is 0.130. The lowest BCUT2D eigenvalue weighted by atomic mass is 9.96. The molecule has 0 bridgehead atoms. The lowest BCUT2D eigenvalue weighted by Gasteiger charge is -2.18. The number of ether oxygens (including phenoxy) is 1. The molecular weight excluding hydrogens is 196 g/mol. The van der Waals surface area contributed by atoms with Gasteiger partial charge in [0.1, 0.15) is 6.61 Å². The highest BCUT2D eigenvalue weighted by Gasteiger charge is 2.39. The standard InChI is InChI=1S/C7H12O3S2/c1-7(4-11-12-5-7)6(9)10-3-2-8/h8H,2-5H2,1H3. The van der Waals surface area contributed by atoms with Crippen LogP contribution in [0.1, 0.15) is 6.92 Å². The van der Waals surface area contributed by atoms with Crippen molar-refractivity contribution >= 4 is 27.6 Å². The van der Waals surface area contributed by atoms with E-state index in [1.54, 1.807) is 21.6 Å². The summed E-state index contributed by atoms with van der Waals surface area (Å²) >= 11 is 0. The van der Waals surface area contributed by atoms with E-state index >= 15 is 0 Å². The van der Waals surface area contributed by atoms with Crippen LogP contribution in [0.2, 0.25) is 0 Å². The Labute approximate surface area is 79.6 Å². The fraction of sp³-hybridized carbons (Fsp3) is 0.857. The molecule has 70 valence electrons. The van der Waals surface area contributed by atoms with Crippen molar-refractivity contribution in [3.63, 3.8) is 0 Å². The number of hydrogen-bond donors (Lipinski definition) is 1. The Morgan fingerprint density at radius 1 is 1.58 bits per heavy atom. The van der Waals surface area contributed by atoms with Gasteiger partial charge in [0.2, 0.25) is 0 Å². The Morgan fingerprint density at radius 3 is 2.67 bits per heavy atom. The first-order valence-corrected chi connectivity index (χ1v) is 6.20. The highest BCUT2D eigenvalue weighted by atomic mass is 33.1. The van der Waals surface area contributed by atoms with Gasteiger partial charge >= 0.3 is 5.97 Å². The Bertz CT molecular complexity index is 166. The molecule has 0 aromatic carbocycles. The number of carbonyl (C=O) groups is 1. The molecule has 1 aliphatic rings. The summed E-state index contributed by atoms with van der Waals surface area (Å²) in [6, 6.07) is 0. The maximum atomic E-state index is 11.4. The fourth-order valence-corrected chi connectivity index (χ4v) is 4.13. The monoisotopic (exact) mass is 208 g/mol. The van der Waals surface area contributed by atoms with Gasteiger partial charge in [0, 0.05) is 11.5 Å². The summed E-state index contributed by atoms with van der Waals surface area (Å²) in [4.78, 5) is 11.4. The molecule has 1 heterocycles. The van der Waals surface area contributed by atoms with Crippen LogP contribution in [0.15, 0.2) is 0 Å². The number of carbonyl (C=O) groups excluding carboxylic acids is 1. The van der Waals surface area contributed by atoms with E-state index < -0.39 is 0 Å². The van der Waals surface area contributed by atoms with Gasteiger partial charge in [0.15, 0.2) is 0 Å². The van der Waals surface area contributed by atoms with Crippen LogP contribution < -0.4 is 0 Å². The zero-order valence-electron chi connectivity index (χ0n) is 6.91. The molecule has 3 nitrogen and oxygen atoms in total. The molecule has 0 radical (unpaired) electrons. The number of esters is 1. The second-order valence-corrected chi connectivity index (χ2v) is 5.41. The zero-order valence-corrected chi connectivity index (χ0v) is 8.54. The molecule has 5 heteroatoms. The Kier molecular flexibility index (Phi) is 3.74. The Morgan fingerprint density at radius 2 is 2.17 bits per heavy atom. The van der Waals surface area contributed by atoms with Crippen molar-refractivity contribution in [2.75, 3.05) is 24.7 Å². The topological polar surface area (TPSA) is 46.5 Å². The maximum Gasteiger partial charge on any atom is 0.313 e. The molecule has 0 saturated carbocycles. The smallest absolute Gasteiger partial charge is 0.313 e. The summed E-state index contributed by atoms with van der Waals surface area (Å²) in [5, 5.41) is 8.45. The van der Waals surface area contributed by atoms with Gasteiger partial charge in [0.25, 0.3) is 0 Å². The second kappa shape index (κ2) is 4.39. The van der Waals surface area contributed by atoms with Gasteiger partial charge in [-0.15, -0.1) is 0 Å². The summed E-state index contributed by atoms with van der Waals surface area (Å²) in [6.07, 6.45) is 0. The molecule has 0 unspecified atom stereocenters. The summed E-state index contributed by atoms with van der Waals surface area (Å²) < 4.78 is 4.86. The normalized spacial score (nSPS) is 20.8. The van der Waals surface area contributed by atoms with Crippen molar-refractivity contribution in [2.45, 2.75) is 6.92 Å². The van der Waals surface area contributed by atoms with Gasteiger partial charge < -0.3 is 9.84 Å². The highest BCUT2D eigenvalue weighted by molar-refractivity contribution is 8.77. The molecule has 1 saturated heterocycles. The number of hydrogen-bond acceptors (Lipinski definition) is 5. The molecule has 12 heavy (non-hydrogen) atoms. The first kappa shape index (κ1) is 10.2. The maximum absolute atomic E-state index is 11.4. The molecule has 0 spiro atoms. The summed E-state index contributed by atoms with van der Waals surface area (Å²) in [7, 11) is 3.39. The van der Waals surface area contributed by atoms with Gasteiger partial charge in [0.05, 0.1) is 12.0 Å². The molecule has 0 aromatic rings. The van der Waals surface area contributed by atoms with Gasteiger partial charge in [-0.3, -0.25) is 4.79 Å². The average Bonchev–Trinajstić information content (AvgIpc) is 2.49. The van der Waals surface area contributed by atoms with Crippen LogP contribution in [0.5, 0.6) is 0 Å². The first-order valence-electron chi connectivity index (χ1n) is 3.71. The van der Waals surface area contributed by atoms with Crippen LogP contribution in [-0.2, 0) is 9.53 Å². The van der Waals surface area contributed by atoms with E-state index in [1.807, 2.05) is 6.92 Å². The summed E-state index contributed by atoms with van der Waals surface area (Å²) in [6.45, 7) is 1.92. The third-order valence-corrected chi connectivity index (χ3v) is 4.54. The quantitative estimate of drug-likeness (QED) is 0.552. The molecule has 0 aromatic heterocycles. The minimum Gasteiger partial charge on any atom is -0.463 e. The van der Waals surface area contributed by atoms with E-state index in [1.165, 1.54) is 0 Å². The molecule has 1 fully saturated rings. The van der Waals surface area contributed by atoms with Crippen LogP contribution >= 0.6 is 21.6 Å². The fourth-order valence-electron chi connectivity index (χ4n) is 0.816. The lowest BCUT2D eigenvalue weighted by Crippen LogP contribution is -2.32. The van der Waals surface area contributed by atoms with Crippen LogP contribution in [0.3, 0.4) is 0 Å². The third-order valence-electron chi connectivity index (χ3n) is 1.66. The van der Waals surface area contributed by atoms with Gasteiger partial charge in [-0.1, -0.05) is 21.6 Å². The SMILES string of the molecule is CC1(C(=O)OCCO)CSSC1. The van der Waals surface area contributed by atoms with Crippen LogP contribution in [0.25, 0.3) is 0 Å². The van der Waals surface area contributed by atoms with Crippen molar-refractivity contribution in [1.29, 1.82) is 0 Å².